The molecule has 1 aromatic rings. The topological polar surface area (TPSA) is 35.2 Å². The monoisotopic (exact) mass is 293 g/mol. The second-order valence-electron chi connectivity index (χ2n) is 4.23. The highest BCUT2D eigenvalue weighted by Crippen LogP contribution is 2.39. The third-order valence-corrected chi connectivity index (χ3v) is 4.34. The number of hydrogen-bond acceptors (Lipinski definition) is 2. The van der Waals surface area contributed by atoms with Gasteiger partial charge in [-0.1, -0.05) is 34.8 Å². The predicted molar refractivity (Wildman–Crippen MR) is 71.9 cm³/mol. The minimum Gasteiger partial charge on any atom is -0.381 e. The Morgan fingerprint density at radius 3 is 2.35 bits per heavy atom. The maximum atomic E-state index is 6.26. The van der Waals surface area contributed by atoms with E-state index >= 15 is 0 Å². The van der Waals surface area contributed by atoms with Crippen LogP contribution in [0.3, 0.4) is 0 Å². The van der Waals surface area contributed by atoms with E-state index in [1.165, 1.54) is 0 Å². The van der Waals surface area contributed by atoms with Crippen LogP contribution in [-0.4, -0.2) is 13.2 Å². The van der Waals surface area contributed by atoms with Crippen LogP contribution in [0.2, 0.25) is 15.1 Å². The fraction of sp³-hybridized carbons (Fsp3) is 0.500. The average Bonchev–Trinajstić information content (AvgIpc) is 2.35. The molecule has 1 fully saturated rings. The Kier molecular flexibility index (Phi) is 4.56. The van der Waals surface area contributed by atoms with Crippen LogP contribution >= 0.6 is 34.8 Å². The fourth-order valence-corrected chi connectivity index (χ4v) is 2.95. The zero-order chi connectivity index (χ0) is 12.4. The van der Waals surface area contributed by atoms with E-state index in [-0.39, 0.29) is 6.04 Å². The van der Waals surface area contributed by atoms with Gasteiger partial charge in [0, 0.05) is 29.8 Å². The van der Waals surface area contributed by atoms with Crippen molar-refractivity contribution in [1.29, 1.82) is 0 Å². The summed E-state index contributed by atoms with van der Waals surface area (Å²) >= 11 is 18.3. The maximum Gasteiger partial charge on any atom is 0.0655 e. The lowest BCUT2D eigenvalue weighted by molar-refractivity contribution is 0.0584. The van der Waals surface area contributed by atoms with Gasteiger partial charge in [0.1, 0.15) is 0 Å². The second kappa shape index (κ2) is 5.77. The number of halogens is 3. The van der Waals surface area contributed by atoms with Crippen molar-refractivity contribution >= 4 is 34.8 Å². The Morgan fingerprint density at radius 1 is 1.12 bits per heavy atom. The summed E-state index contributed by atoms with van der Waals surface area (Å²) in [6.07, 6.45) is 1.86. The third kappa shape index (κ3) is 2.88. The molecule has 2 rings (SSSR count). The Hall–Kier alpha value is 0.01000. The van der Waals surface area contributed by atoms with E-state index in [9.17, 15) is 0 Å². The van der Waals surface area contributed by atoms with Gasteiger partial charge in [-0.05, 0) is 30.9 Å². The zero-order valence-electron chi connectivity index (χ0n) is 9.26. The number of rotatable bonds is 2. The smallest absolute Gasteiger partial charge is 0.0655 e. The van der Waals surface area contributed by atoms with Crippen LogP contribution in [0.5, 0.6) is 0 Å². The van der Waals surface area contributed by atoms with Crippen molar-refractivity contribution < 1.29 is 4.74 Å². The highest BCUT2D eigenvalue weighted by molar-refractivity contribution is 6.44. The van der Waals surface area contributed by atoms with Gasteiger partial charge in [0.05, 0.1) is 10.0 Å². The normalized spacial score (nSPS) is 19.3. The van der Waals surface area contributed by atoms with Gasteiger partial charge >= 0.3 is 0 Å². The summed E-state index contributed by atoms with van der Waals surface area (Å²) in [5.74, 6) is 0.345. The molecule has 1 saturated heterocycles. The number of nitrogens with two attached hydrogens (primary N) is 1. The van der Waals surface area contributed by atoms with E-state index in [1.54, 1.807) is 12.1 Å². The van der Waals surface area contributed by atoms with Crippen molar-refractivity contribution in [2.75, 3.05) is 13.2 Å². The molecule has 0 bridgehead atoms. The second-order valence-corrected chi connectivity index (χ2v) is 5.42. The van der Waals surface area contributed by atoms with E-state index in [0.717, 1.165) is 31.6 Å². The molecule has 5 heteroatoms. The molecule has 0 radical (unpaired) electrons. The van der Waals surface area contributed by atoms with Crippen molar-refractivity contribution in [3.63, 3.8) is 0 Å². The first-order valence-electron chi connectivity index (χ1n) is 5.58. The quantitative estimate of drug-likeness (QED) is 0.834. The Labute approximate surface area is 116 Å². The SMILES string of the molecule is N[C@H](c1c(Cl)ccc(Cl)c1Cl)C1CCOCC1. The highest BCUT2D eigenvalue weighted by atomic mass is 35.5. The summed E-state index contributed by atoms with van der Waals surface area (Å²) < 4.78 is 5.32. The number of benzene rings is 1. The van der Waals surface area contributed by atoms with Crippen molar-refractivity contribution in [2.45, 2.75) is 18.9 Å². The van der Waals surface area contributed by atoms with Crippen LogP contribution in [0.4, 0.5) is 0 Å². The van der Waals surface area contributed by atoms with Gasteiger partial charge in [-0.25, -0.2) is 0 Å². The average molecular weight is 295 g/mol. The van der Waals surface area contributed by atoms with Gasteiger partial charge < -0.3 is 10.5 Å². The van der Waals surface area contributed by atoms with Crippen LogP contribution in [-0.2, 0) is 4.74 Å². The van der Waals surface area contributed by atoms with E-state index < -0.39 is 0 Å². The molecule has 1 aliphatic rings. The molecule has 1 aromatic carbocycles. The van der Waals surface area contributed by atoms with Crippen molar-refractivity contribution in [2.24, 2.45) is 11.7 Å². The molecule has 0 aliphatic carbocycles. The zero-order valence-corrected chi connectivity index (χ0v) is 11.5. The molecule has 94 valence electrons. The van der Waals surface area contributed by atoms with E-state index in [4.69, 9.17) is 45.3 Å². The van der Waals surface area contributed by atoms with Gasteiger partial charge in [-0.2, -0.15) is 0 Å². The molecular formula is C12H14Cl3NO. The Morgan fingerprint density at radius 2 is 1.71 bits per heavy atom. The van der Waals surface area contributed by atoms with Crippen molar-refractivity contribution in [3.8, 4) is 0 Å². The molecule has 0 aromatic heterocycles. The molecule has 0 saturated carbocycles. The molecule has 0 unspecified atom stereocenters. The lowest BCUT2D eigenvalue weighted by atomic mass is 9.88. The molecule has 1 atom stereocenters. The maximum absolute atomic E-state index is 6.26. The molecule has 2 N–H and O–H groups in total. The third-order valence-electron chi connectivity index (χ3n) is 3.19. The lowest BCUT2D eigenvalue weighted by Gasteiger charge is -2.29. The minimum absolute atomic E-state index is 0.183. The first-order chi connectivity index (χ1) is 8.11. The van der Waals surface area contributed by atoms with Crippen LogP contribution in [0.25, 0.3) is 0 Å². The summed E-state index contributed by atoms with van der Waals surface area (Å²) in [5.41, 5.74) is 7.01. The summed E-state index contributed by atoms with van der Waals surface area (Å²) in [4.78, 5) is 0. The van der Waals surface area contributed by atoms with Gasteiger partial charge in [0.2, 0.25) is 0 Å². The van der Waals surface area contributed by atoms with E-state index in [0.29, 0.717) is 21.0 Å². The number of hydrogen-bond donors (Lipinski definition) is 1. The molecule has 0 amide bonds. The standard InChI is InChI=1S/C12H14Cl3NO/c13-8-1-2-9(14)11(15)10(8)12(16)7-3-5-17-6-4-7/h1-2,7,12H,3-6,16H2/t12-/m0/s1. The van der Waals surface area contributed by atoms with Crippen LogP contribution in [0, 0.1) is 5.92 Å². The lowest BCUT2D eigenvalue weighted by Crippen LogP contribution is -2.28. The summed E-state index contributed by atoms with van der Waals surface area (Å²) in [6.45, 7) is 1.49. The fourth-order valence-electron chi connectivity index (χ4n) is 2.16. The molecule has 1 aliphatic heterocycles. The van der Waals surface area contributed by atoms with Crippen molar-refractivity contribution in [3.05, 3.63) is 32.8 Å². The molecule has 2 nitrogen and oxygen atoms in total. The molecule has 1 heterocycles. The summed E-state index contributed by atoms with van der Waals surface area (Å²) in [6, 6.07) is 3.24. The Balaban J connectivity index is 2.29. The first-order valence-corrected chi connectivity index (χ1v) is 6.71. The highest BCUT2D eigenvalue weighted by Gasteiger charge is 2.26. The molecule has 17 heavy (non-hydrogen) atoms. The summed E-state index contributed by atoms with van der Waals surface area (Å²) in [7, 11) is 0. The van der Waals surface area contributed by atoms with Crippen LogP contribution in [0.15, 0.2) is 12.1 Å². The van der Waals surface area contributed by atoms with E-state index in [2.05, 4.69) is 0 Å². The van der Waals surface area contributed by atoms with E-state index in [1.807, 2.05) is 0 Å². The minimum atomic E-state index is -0.183. The van der Waals surface area contributed by atoms with Gasteiger partial charge in [-0.3, -0.25) is 0 Å². The molecular weight excluding hydrogens is 280 g/mol. The van der Waals surface area contributed by atoms with Gasteiger partial charge in [-0.15, -0.1) is 0 Å². The van der Waals surface area contributed by atoms with Gasteiger partial charge in [0.25, 0.3) is 0 Å². The number of ether oxygens (including phenoxy) is 1. The largest absolute Gasteiger partial charge is 0.381 e. The first kappa shape index (κ1) is 13.4. The molecule has 0 spiro atoms. The van der Waals surface area contributed by atoms with Crippen LogP contribution in [0.1, 0.15) is 24.4 Å². The van der Waals surface area contributed by atoms with Crippen LogP contribution < -0.4 is 5.73 Å². The predicted octanol–water partition coefficient (Wildman–Crippen LogP) is 4.07. The summed E-state index contributed by atoms with van der Waals surface area (Å²) in [5, 5.41) is 1.55. The van der Waals surface area contributed by atoms with Crippen molar-refractivity contribution in [1.82, 2.24) is 0 Å². The Bertz CT molecular complexity index is 405. The van der Waals surface area contributed by atoms with Gasteiger partial charge in [0.15, 0.2) is 0 Å².